The van der Waals surface area contributed by atoms with E-state index in [0.717, 1.165) is 15.6 Å². The van der Waals surface area contributed by atoms with Crippen molar-refractivity contribution < 1.29 is 19.4 Å². The maximum atomic E-state index is 13.4. The third-order valence-corrected chi connectivity index (χ3v) is 6.59. The van der Waals surface area contributed by atoms with Crippen molar-refractivity contribution in [3.05, 3.63) is 99.5 Å². The summed E-state index contributed by atoms with van der Waals surface area (Å²) >= 11 is 3.39. The Bertz CT molecular complexity index is 1290. The fourth-order valence-electron chi connectivity index (χ4n) is 4.23. The Morgan fingerprint density at radius 1 is 1.00 bits per heavy atom. The maximum absolute atomic E-state index is 13.4. The second kappa shape index (κ2) is 9.70. The van der Waals surface area contributed by atoms with Crippen molar-refractivity contribution in [2.24, 2.45) is 0 Å². The molecule has 1 fully saturated rings. The number of anilines is 1. The summed E-state index contributed by atoms with van der Waals surface area (Å²) in [7, 11) is 0. The predicted octanol–water partition coefficient (Wildman–Crippen LogP) is 6.77. The van der Waals surface area contributed by atoms with Crippen molar-refractivity contribution in [2.75, 3.05) is 11.5 Å². The Morgan fingerprint density at radius 3 is 2.26 bits per heavy atom. The van der Waals surface area contributed by atoms with Crippen LogP contribution in [0.3, 0.4) is 0 Å². The van der Waals surface area contributed by atoms with Gasteiger partial charge in [-0.2, -0.15) is 0 Å². The second-order valence-electron chi connectivity index (χ2n) is 9.48. The van der Waals surface area contributed by atoms with Crippen molar-refractivity contribution in [3.63, 3.8) is 0 Å². The summed E-state index contributed by atoms with van der Waals surface area (Å²) in [5, 5.41) is 11.3. The molecule has 0 spiro atoms. The minimum absolute atomic E-state index is 0.0520. The molecule has 1 N–H and O–H groups in total. The van der Waals surface area contributed by atoms with Gasteiger partial charge in [-0.3, -0.25) is 14.5 Å². The molecule has 1 amide bonds. The average molecular weight is 534 g/mol. The number of halogens is 1. The fraction of sp³-hybridized carbons (Fsp3) is 0.241. The highest BCUT2D eigenvalue weighted by molar-refractivity contribution is 9.10. The first-order valence-corrected chi connectivity index (χ1v) is 12.3. The van der Waals surface area contributed by atoms with Gasteiger partial charge in [0.25, 0.3) is 11.7 Å². The number of rotatable bonds is 5. The lowest BCUT2D eigenvalue weighted by Crippen LogP contribution is -2.29. The van der Waals surface area contributed by atoms with Crippen LogP contribution in [-0.4, -0.2) is 23.4 Å². The van der Waals surface area contributed by atoms with Crippen LogP contribution in [0.1, 0.15) is 50.4 Å². The molecule has 0 bridgehead atoms. The van der Waals surface area contributed by atoms with E-state index < -0.39 is 17.7 Å². The van der Waals surface area contributed by atoms with Gasteiger partial charge in [0.05, 0.1) is 18.2 Å². The Hall–Kier alpha value is -3.38. The molecule has 0 saturated carbocycles. The number of amides is 1. The Labute approximate surface area is 214 Å². The van der Waals surface area contributed by atoms with Gasteiger partial charge in [-0.05, 0) is 47.7 Å². The molecule has 180 valence electrons. The van der Waals surface area contributed by atoms with E-state index in [4.69, 9.17) is 4.74 Å². The molecule has 3 aromatic rings. The molecule has 0 radical (unpaired) electrons. The Kier molecular flexibility index (Phi) is 6.86. The lowest BCUT2D eigenvalue weighted by atomic mass is 9.85. The maximum Gasteiger partial charge on any atom is 0.300 e. The number of ketones is 1. The largest absolute Gasteiger partial charge is 0.507 e. The summed E-state index contributed by atoms with van der Waals surface area (Å²) in [5.41, 5.74) is 2.86. The van der Waals surface area contributed by atoms with Crippen LogP contribution in [0.15, 0.2) is 82.8 Å². The average Bonchev–Trinajstić information content (AvgIpc) is 3.09. The molecular weight excluding hydrogens is 506 g/mol. The second-order valence-corrected chi connectivity index (χ2v) is 10.4. The number of hydrogen-bond acceptors (Lipinski definition) is 4. The fourth-order valence-corrected chi connectivity index (χ4v) is 4.50. The summed E-state index contributed by atoms with van der Waals surface area (Å²) < 4.78 is 6.47. The smallest absolute Gasteiger partial charge is 0.300 e. The lowest BCUT2D eigenvalue weighted by molar-refractivity contribution is -0.132. The zero-order chi connectivity index (χ0) is 25.3. The summed E-state index contributed by atoms with van der Waals surface area (Å²) in [6, 6.07) is 21.2. The van der Waals surface area contributed by atoms with E-state index in [1.54, 1.807) is 48.5 Å². The molecule has 1 aliphatic rings. The zero-order valence-electron chi connectivity index (χ0n) is 20.2. The van der Waals surface area contributed by atoms with Crippen LogP contribution in [0.2, 0.25) is 0 Å². The van der Waals surface area contributed by atoms with E-state index in [2.05, 4.69) is 36.7 Å². The number of ether oxygens (including phenoxy) is 1. The van der Waals surface area contributed by atoms with Crippen LogP contribution in [0.25, 0.3) is 5.76 Å². The van der Waals surface area contributed by atoms with E-state index in [0.29, 0.717) is 23.6 Å². The van der Waals surface area contributed by atoms with E-state index in [-0.39, 0.29) is 16.7 Å². The van der Waals surface area contributed by atoms with Gasteiger partial charge in [0.15, 0.2) is 0 Å². The Balaban J connectivity index is 1.91. The highest BCUT2D eigenvalue weighted by atomic mass is 79.9. The highest BCUT2D eigenvalue weighted by Crippen LogP contribution is 2.43. The van der Waals surface area contributed by atoms with Gasteiger partial charge in [0, 0.05) is 21.8 Å². The summed E-state index contributed by atoms with van der Waals surface area (Å²) in [6.45, 7) is 8.74. The van der Waals surface area contributed by atoms with Gasteiger partial charge in [-0.1, -0.05) is 79.2 Å². The lowest BCUT2D eigenvalue weighted by Gasteiger charge is -2.27. The normalized spacial score (nSPS) is 17.6. The van der Waals surface area contributed by atoms with Crippen LogP contribution in [-0.2, 0) is 15.0 Å². The number of benzene rings is 3. The first kappa shape index (κ1) is 24.7. The molecule has 35 heavy (non-hydrogen) atoms. The van der Waals surface area contributed by atoms with E-state index >= 15 is 0 Å². The molecule has 1 saturated heterocycles. The van der Waals surface area contributed by atoms with Gasteiger partial charge in [-0.15, -0.1) is 0 Å². The molecule has 6 heteroatoms. The first-order chi connectivity index (χ1) is 16.6. The molecule has 5 nitrogen and oxygen atoms in total. The van der Waals surface area contributed by atoms with E-state index in [1.165, 1.54) is 4.90 Å². The number of carbonyl (C=O) groups is 2. The van der Waals surface area contributed by atoms with Crippen molar-refractivity contribution in [1.29, 1.82) is 0 Å². The van der Waals surface area contributed by atoms with E-state index in [1.807, 2.05) is 31.2 Å². The van der Waals surface area contributed by atoms with Gasteiger partial charge in [-0.25, -0.2) is 0 Å². The number of aliphatic hydroxyl groups is 1. The van der Waals surface area contributed by atoms with Gasteiger partial charge in [0.2, 0.25) is 0 Å². The number of Topliss-reactive ketones (excluding diaryl/α,β-unsaturated/α-hetero) is 1. The van der Waals surface area contributed by atoms with Crippen LogP contribution in [0, 0.1) is 0 Å². The molecular formula is C29H28BrNO4. The minimum atomic E-state index is -0.787. The number of nitrogens with zero attached hydrogens (tertiary/aromatic N) is 1. The topological polar surface area (TPSA) is 66.8 Å². The first-order valence-electron chi connectivity index (χ1n) is 11.5. The summed E-state index contributed by atoms with van der Waals surface area (Å²) in [5.74, 6) is -1.02. The van der Waals surface area contributed by atoms with Crippen molar-refractivity contribution in [3.8, 4) is 5.75 Å². The van der Waals surface area contributed by atoms with Crippen LogP contribution < -0.4 is 9.64 Å². The number of carbonyl (C=O) groups excluding carboxylic acids is 2. The highest BCUT2D eigenvalue weighted by Gasteiger charge is 2.47. The standard InChI is InChI=1S/C29H28BrNO4/c1-5-35-23-8-6-7-22(17-23)31-25(18-9-13-20(14-10-18)29(2,3)4)24(27(33)28(31)34)26(32)19-11-15-21(30)16-12-19/h6-17,25,32H,5H2,1-4H3/b26-24+. The van der Waals surface area contributed by atoms with Crippen LogP contribution in [0.5, 0.6) is 5.75 Å². The van der Waals surface area contributed by atoms with Crippen molar-refractivity contribution in [2.45, 2.75) is 39.2 Å². The predicted molar refractivity (Wildman–Crippen MR) is 142 cm³/mol. The van der Waals surface area contributed by atoms with Crippen LogP contribution in [0.4, 0.5) is 5.69 Å². The third-order valence-electron chi connectivity index (χ3n) is 6.06. The molecule has 1 unspecified atom stereocenters. The third kappa shape index (κ3) is 4.89. The number of aliphatic hydroxyl groups excluding tert-OH is 1. The van der Waals surface area contributed by atoms with Crippen LogP contribution >= 0.6 is 15.9 Å². The SMILES string of the molecule is CCOc1cccc(N2C(=O)C(=O)/C(=C(/O)c3ccc(Br)cc3)C2c2ccc(C(C)(C)C)cc2)c1. The van der Waals surface area contributed by atoms with E-state index in [9.17, 15) is 14.7 Å². The van der Waals surface area contributed by atoms with Crippen molar-refractivity contribution in [1.82, 2.24) is 0 Å². The van der Waals surface area contributed by atoms with Gasteiger partial charge in [0.1, 0.15) is 11.5 Å². The molecule has 1 aliphatic heterocycles. The summed E-state index contributed by atoms with van der Waals surface area (Å²) in [6.07, 6.45) is 0. The molecule has 1 atom stereocenters. The molecule has 3 aromatic carbocycles. The molecule has 4 rings (SSSR count). The monoisotopic (exact) mass is 533 g/mol. The quantitative estimate of drug-likeness (QED) is 0.223. The van der Waals surface area contributed by atoms with Gasteiger partial charge >= 0.3 is 0 Å². The zero-order valence-corrected chi connectivity index (χ0v) is 21.8. The van der Waals surface area contributed by atoms with Gasteiger partial charge < -0.3 is 9.84 Å². The Morgan fingerprint density at radius 2 is 1.66 bits per heavy atom. The molecule has 1 heterocycles. The minimum Gasteiger partial charge on any atom is -0.507 e. The van der Waals surface area contributed by atoms with Crippen molar-refractivity contribution >= 4 is 39.1 Å². The molecule has 0 aromatic heterocycles. The number of hydrogen-bond donors (Lipinski definition) is 1. The summed E-state index contributed by atoms with van der Waals surface area (Å²) in [4.78, 5) is 28.2. The molecule has 0 aliphatic carbocycles.